The van der Waals surface area contributed by atoms with Gasteiger partial charge in [-0.25, -0.2) is 18.0 Å². The van der Waals surface area contributed by atoms with Gasteiger partial charge in [-0.05, 0) is 24.6 Å². The fourth-order valence-corrected chi connectivity index (χ4v) is 2.44. The van der Waals surface area contributed by atoms with Crippen LogP contribution in [0, 0.1) is 0 Å². The summed E-state index contributed by atoms with van der Waals surface area (Å²) in [7, 11) is -3.37. The normalized spacial score (nSPS) is 10.6. The monoisotopic (exact) mass is 376 g/mol. The summed E-state index contributed by atoms with van der Waals surface area (Å²) in [6, 6.07) is 5.34. The highest BCUT2D eigenvalue weighted by Crippen LogP contribution is 2.21. The smallest absolute Gasteiger partial charge is 0.348 e. The van der Waals surface area contributed by atoms with E-state index in [4.69, 9.17) is 14.9 Å². The van der Waals surface area contributed by atoms with Gasteiger partial charge in [-0.1, -0.05) is 39.8 Å². The Hall–Kier alpha value is -1.93. The molecule has 25 heavy (non-hydrogen) atoms. The molecule has 144 valence electrons. The zero-order valence-corrected chi connectivity index (χ0v) is 16.4. The molecule has 0 aromatic heterocycles. The first-order valence-electron chi connectivity index (χ1n) is 8.03. The lowest BCUT2D eigenvalue weighted by molar-refractivity contribution is -0.182. The summed E-state index contributed by atoms with van der Waals surface area (Å²) >= 11 is 0. The Morgan fingerprint density at radius 1 is 1.00 bits per heavy atom. The Kier molecular flexibility index (Phi) is 11.7. The van der Waals surface area contributed by atoms with E-state index in [1.807, 2.05) is 27.7 Å². The summed E-state index contributed by atoms with van der Waals surface area (Å²) in [6.07, 6.45) is 0.635. The van der Waals surface area contributed by atoms with E-state index in [2.05, 4.69) is 0 Å². The van der Waals surface area contributed by atoms with Crippen molar-refractivity contribution in [3.8, 4) is 0 Å². The number of carboxylic acid groups (broad SMARTS) is 2. The number of rotatable bonds is 7. The third-order valence-corrected chi connectivity index (χ3v) is 4.01. The molecule has 0 saturated heterocycles. The Labute approximate surface area is 149 Å². The first-order chi connectivity index (χ1) is 11.6. The zero-order valence-electron chi connectivity index (χ0n) is 15.6. The van der Waals surface area contributed by atoms with Crippen molar-refractivity contribution in [1.82, 2.24) is 0 Å². The van der Waals surface area contributed by atoms with Crippen molar-refractivity contribution >= 4 is 21.8 Å². The van der Waals surface area contributed by atoms with E-state index < -0.39 is 33.8 Å². The van der Waals surface area contributed by atoms with Crippen LogP contribution in [0.1, 0.15) is 40.2 Å². The number of aliphatic carboxylic acids is 2. The Morgan fingerprint density at radius 2 is 1.40 bits per heavy atom. The van der Waals surface area contributed by atoms with Crippen LogP contribution in [0.25, 0.3) is 0 Å². The molecule has 0 radical (unpaired) electrons. The third-order valence-electron chi connectivity index (χ3n) is 2.89. The average molecular weight is 376 g/mol. The molecule has 0 heterocycles. The van der Waals surface area contributed by atoms with Crippen molar-refractivity contribution in [1.29, 1.82) is 0 Å². The van der Waals surface area contributed by atoms with E-state index in [0.29, 0.717) is 5.56 Å². The van der Waals surface area contributed by atoms with Crippen molar-refractivity contribution in [3.63, 3.8) is 0 Å². The van der Waals surface area contributed by atoms with Crippen LogP contribution in [0.15, 0.2) is 29.2 Å². The minimum Gasteiger partial charge on any atom is -0.479 e. The van der Waals surface area contributed by atoms with Gasteiger partial charge in [0, 0.05) is 19.3 Å². The second kappa shape index (κ2) is 11.6. The number of carbonyl (C=O) groups is 2. The van der Waals surface area contributed by atoms with Gasteiger partial charge in [-0.3, -0.25) is 0 Å². The molecule has 2 N–H and O–H groups in total. The molecule has 0 aliphatic carbocycles. The van der Waals surface area contributed by atoms with E-state index >= 15 is 0 Å². The van der Waals surface area contributed by atoms with Gasteiger partial charge in [0.15, 0.2) is 9.84 Å². The van der Waals surface area contributed by atoms with Crippen LogP contribution in [0.2, 0.25) is 0 Å². The number of ether oxygens (including phenoxy) is 1. The largest absolute Gasteiger partial charge is 0.479 e. The lowest BCUT2D eigenvalue weighted by atomic mass is 9.94. The van der Waals surface area contributed by atoms with Crippen LogP contribution < -0.4 is 0 Å². The maximum absolute atomic E-state index is 11.3. The van der Waals surface area contributed by atoms with Gasteiger partial charge in [0.1, 0.15) is 0 Å². The summed E-state index contributed by atoms with van der Waals surface area (Å²) in [5.74, 6) is -3.21. The maximum atomic E-state index is 11.3. The topological polar surface area (TPSA) is 118 Å². The number of hydrogen-bond acceptors (Lipinski definition) is 5. The highest BCUT2D eigenvalue weighted by Gasteiger charge is 2.48. The van der Waals surface area contributed by atoms with Crippen LogP contribution in [-0.4, -0.2) is 49.0 Å². The third kappa shape index (κ3) is 7.23. The molecule has 7 nitrogen and oxygen atoms in total. The van der Waals surface area contributed by atoms with Crippen LogP contribution in [0.4, 0.5) is 0 Å². The summed E-state index contributed by atoms with van der Waals surface area (Å²) in [5, 5.41) is 18.3. The molecular formula is C17H28O7S. The SMILES string of the molecule is CC.CC.CCOC(Cc1ccc(S(C)(=O)=O)cc1)(C(=O)O)C(=O)O. The van der Waals surface area contributed by atoms with Crippen molar-refractivity contribution in [2.45, 2.75) is 51.5 Å². The van der Waals surface area contributed by atoms with Crippen molar-refractivity contribution in [2.24, 2.45) is 0 Å². The number of benzene rings is 1. The molecule has 0 unspecified atom stereocenters. The minimum atomic E-state index is -3.37. The standard InChI is InChI=1S/C13H16O7S.2C2H6/c1-3-20-13(11(14)15,12(16)17)8-9-4-6-10(7-5-9)21(2,18)19;2*1-2/h4-7H,3,8H2,1-2H3,(H,14,15)(H,16,17);2*1-2H3. The summed E-state index contributed by atoms with van der Waals surface area (Å²) < 4.78 is 27.6. The van der Waals surface area contributed by atoms with Gasteiger partial charge in [0.2, 0.25) is 0 Å². The first kappa shape index (κ1) is 25.3. The molecule has 8 heteroatoms. The fraction of sp³-hybridized carbons (Fsp3) is 0.529. The Bertz CT molecular complexity index is 619. The van der Waals surface area contributed by atoms with E-state index in [1.54, 1.807) is 0 Å². The molecule has 1 rings (SSSR count). The molecular weight excluding hydrogens is 348 g/mol. The second-order valence-corrected chi connectivity index (χ2v) is 6.48. The molecule has 0 aliphatic rings. The molecule has 0 aliphatic heterocycles. The number of sulfone groups is 1. The maximum Gasteiger partial charge on any atom is 0.348 e. The molecule has 0 fully saturated rings. The average Bonchev–Trinajstić information content (AvgIpc) is 2.57. The molecule has 1 aromatic rings. The predicted octanol–water partition coefficient (Wildman–Crippen LogP) is 2.63. The summed E-state index contributed by atoms with van der Waals surface area (Å²) in [4.78, 5) is 22.6. The second-order valence-electron chi connectivity index (χ2n) is 4.46. The molecule has 0 atom stereocenters. The molecule has 0 spiro atoms. The molecule has 0 bridgehead atoms. The van der Waals surface area contributed by atoms with Crippen molar-refractivity contribution in [2.75, 3.05) is 12.9 Å². The molecule has 0 amide bonds. The van der Waals surface area contributed by atoms with Crippen molar-refractivity contribution < 1.29 is 33.0 Å². The highest BCUT2D eigenvalue weighted by atomic mass is 32.2. The minimum absolute atomic E-state index is 0.0684. The Morgan fingerprint density at radius 3 is 1.68 bits per heavy atom. The fourth-order valence-electron chi connectivity index (χ4n) is 1.81. The zero-order chi connectivity index (χ0) is 20.3. The van der Waals surface area contributed by atoms with Gasteiger partial charge in [-0.15, -0.1) is 0 Å². The highest BCUT2D eigenvalue weighted by molar-refractivity contribution is 7.90. The summed E-state index contributed by atoms with van der Waals surface area (Å²) in [5.41, 5.74) is -2.04. The van der Waals surface area contributed by atoms with E-state index in [9.17, 15) is 18.0 Å². The van der Waals surface area contributed by atoms with Gasteiger partial charge >= 0.3 is 11.9 Å². The van der Waals surface area contributed by atoms with Crippen LogP contribution in [0.5, 0.6) is 0 Å². The van der Waals surface area contributed by atoms with Crippen molar-refractivity contribution in [3.05, 3.63) is 29.8 Å². The lowest BCUT2D eigenvalue weighted by Gasteiger charge is -2.24. The van der Waals surface area contributed by atoms with Crippen LogP contribution >= 0.6 is 0 Å². The van der Waals surface area contributed by atoms with Gasteiger partial charge in [0.25, 0.3) is 5.60 Å². The van der Waals surface area contributed by atoms with Crippen LogP contribution in [0.3, 0.4) is 0 Å². The number of carboxylic acids is 2. The lowest BCUT2D eigenvalue weighted by Crippen LogP contribution is -2.51. The van der Waals surface area contributed by atoms with Gasteiger partial charge in [0.05, 0.1) is 4.90 Å². The van der Waals surface area contributed by atoms with E-state index in [0.717, 1.165) is 6.26 Å². The first-order valence-corrected chi connectivity index (χ1v) is 9.92. The predicted molar refractivity (Wildman–Crippen MR) is 95.6 cm³/mol. The molecule has 0 saturated carbocycles. The molecule has 1 aromatic carbocycles. The van der Waals surface area contributed by atoms with E-state index in [-0.39, 0.29) is 11.5 Å². The Balaban J connectivity index is 0. The van der Waals surface area contributed by atoms with Crippen LogP contribution in [-0.2, 0) is 30.6 Å². The quantitative estimate of drug-likeness (QED) is 0.702. The van der Waals surface area contributed by atoms with Gasteiger partial charge < -0.3 is 14.9 Å². The summed E-state index contributed by atoms with van der Waals surface area (Å²) in [6.45, 7) is 9.41. The van der Waals surface area contributed by atoms with E-state index in [1.165, 1.54) is 31.2 Å². The van der Waals surface area contributed by atoms with Gasteiger partial charge in [-0.2, -0.15) is 0 Å². The number of hydrogen-bond donors (Lipinski definition) is 2.